The molecule has 2 rings (SSSR count). The predicted octanol–water partition coefficient (Wildman–Crippen LogP) is 3.06. The van der Waals surface area contributed by atoms with Crippen LogP contribution < -0.4 is 5.32 Å². The molecule has 0 radical (unpaired) electrons. The van der Waals surface area contributed by atoms with Gasteiger partial charge in [0.1, 0.15) is 5.82 Å². The van der Waals surface area contributed by atoms with Crippen LogP contribution in [0.15, 0.2) is 28.9 Å². The van der Waals surface area contributed by atoms with E-state index < -0.39 is 0 Å². The lowest BCUT2D eigenvalue weighted by molar-refractivity contribution is 0.418. The third kappa shape index (κ3) is 3.61. The third-order valence-corrected chi connectivity index (χ3v) is 3.21. The van der Waals surface area contributed by atoms with Crippen LogP contribution in [-0.4, -0.2) is 20.5 Å². The van der Waals surface area contributed by atoms with Gasteiger partial charge in [-0.25, -0.2) is 9.07 Å². The SMILES string of the molecule is CC(C)(C)NCc1cnnn1-c1ccc(Br)c(F)c1. The quantitative estimate of drug-likeness (QED) is 0.942. The summed E-state index contributed by atoms with van der Waals surface area (Å²) in [5.74, 6) is -0.317. The first kappa shape index (κ1) is 14.1. The Hall–Kier alpha value is -1.27. The van der Waals surface area contributed by atoms with E-state index in [2.05, 4.69) is 52.3 Å². The van der Waals surface area contributed by atoms with Crippen LogP contribution in [0.2, 0.25) is 0 Å². The van der Waals surface area contributed by atoms with E-state index in [0.717, 1.165) is 5.69 Å². The lowest BCUT2D eigenvalue weighted by Gasteiger charge is -2.20. The van der Waals surface area contributed by atoms with Gasteiger partial charge in [-0.05, 0) is 48.8 Å². The van der Waals surface area contributed by atoms with E-state index in [9.17, 15) is 4.39 Å². The summed E-state index contributed by atoms with van der Waals surface area (Å²) in [6, 6.07) is 4.88. The summed E-state index contributed by atoms with van der Waals surface area (Å²) in [7, 11) is 0. The molecule has 0 bridgehead atoms. The van der Waals surface area contributed by atoms with Crippen LogP contribution >= 0.6 is 15.9 Å². The molecule has 0 saturated heterocycles. The van der Waals surface area contributed by atoms with E-state index >= 15 is 0 Å². The molecule has 0 atom stereocenters. The standard InChI is InChI=1S/C13H16BrFN4/c1-13(2,3)16-7-10-8-17-18-19(10)9-4-5-11(14)12(15)6-9/h4-6,8,16H,7H2,1-3H3. The monoisotopic (exact) mass is 326 g/mol. The Balaban J connectivity index is 2.26. The van der Waals surface area contributed by atoms with Crippen molar-refractivity contribution in [2.45, 2.75) is 32.9 Å². The second-order valence-corrected chi connectivity index (χ2v) is 6.19. The Kier molecular flexibility index (Phi) is 4.01. The first-order valence-electron chi connectivity index (χ1n) is 5.97. The molecule has 0 saturated carbocycles. The smallest absolute Gasteiger partial charge is 0.139 e. The number of benzene rings is 1. The molecule has 2 aromatic rings. The van der Waals surface area contributed by atoms with Crippen molar-refractivity contribution in [1.29, 1.82) is 0 Å². The predicted molar refractivity (Wildman–Crippen MR) is 75.6 cm³/mol. The average molecular weight is 327 g/mol. The van der Waals surface area contributed by atoms with Gasteiger partial charge in [0.2, 0.25) is 0 Å². The molecule has 1 aromatic heterocycles. The van der Waals surface area contributed by atoms with Gasteiger partial charge in [-0.15, -0.1) is 5.10 Å². The Morgan fingerprint density at radius 2 is 2.11 bits per heavy atom. The lowest BCUT2D eigenvalue weighted by atomic mass is 10.1. The summed E-state index contributed by atoms with van der Waals surface area (Å²) in [4.78, 5) is 0. The normalized spacial score (nSPS) is 11.8. The highest BCUT2D eigenvalue weighted by atomic mass is 79.9. The average Bonchev–Trinajstić information content (AvgIpc) is 2.77. The van der Waals surface area contributed by atoms with Gasteiger partial charge in [0.25, 0.3) is 0 Å². The fraction of sp³-hybridized carbons (Fsp3) is 0.385. The zero-order valence-electron chi connectivity index (χ0n) is 11.1. The second kappa shape index (κ2) is 5.38. The van der Waals surface area contributed by atoms with Crippen molar-refractivity contribution in [3.05, 3.63) is 40.4 Å². The summed E-state index contributed by atoms with van der Waals surface area (Å²) >= 11 is 3.14. The summed E-state index contributed by atoms with van der Waals surface area (Å²) < 4.78 is 15.6. The molecule has 0 aliphatic rings. The Morgan fingerprint density at radius 1 is 1.37 bits per heavy atom. The largest absolute Gasteiger partial charge is 0.306 e. The number of nitrogens with zero attached hydrogens (tertiary/aromatic N) is 3. The van der Waals surface area contributed by atoms with E-state index in [4.69, 9.17) is 0 Å². The van der Waals surface area contributed by atoms with Crippen molar-refractivity contribution < 1.29 is 4.39 Å². The molecule has 0 spiro atoms. The number of nitrogens with one attached hydrogen (secondary N) is 1. The maximum atomic E-state index is 13.6. The van der Waals surface area contributed by atoms with E-state index in [1.807, 2.05) is 0 Å². The number of hydrogen-bond acceptors (Lipinski definition) is 3. The minimum absolute atomic E-state index is 0.0000655. The molecular formula is C13H16BrFN4. The van der Waals surface area contributed by atoms with Gasteiger partial charge in [-0.2, -0.15) is 0 Å². The molecule has 4 nitrogen and oxygen atoms in total. The van der Waals surface area contributed by atoms with Crippen molar-refractivity contribution in [3.63, 3.8) is 0 Å². The number of aromatic nitrogens is 3. The van der Waals surface area contributed by atoms with E-state index in [-0.39, 0.29) is 11.4 Å². The van der Waals surface area contributed by atoms with Crippen molar-refractivity contribution in [1.82, 2.24) is 20.3 Å². The Labute approximate surface area is 120 Å². The molecule has 0 unspecified atom stereocenters. The van der Waals surface area contributed by atoms with Gasteiger partial charge in [0.15, 0.2) is 0 Å². The van der Waals surface area contributed by atoms with Gasteiger partial charge in [-0.1, -0.05) is 5.21 Å². The molecule has 6 heteroatoms. The molecule has 1 aromatic carbocycles. The first-order chi connectivity index (χ1) is 8.87. The maximum Gasteiger partial charge on any atom is 0.139 e. The molecule has 0 aliphatic heterocycles. The minimum atomic E-state index is -0.317. The summed E-state index contributed by atoms with van der Waals surface area (Å²) in [6.45, 7) is 6.87. The topological polar surface area (TPSA) is 42.7 Å². The van der Waals surface area contributed by atoms with Gasteiger partial charge >= 0.3 is 0 Å². The Morgan fingerprint density at radius 3 is 2.74 bits per heavy atom. The van der Waals surface area contributed by atoms with Crippen molar-refractivity contribution in [3.8, 4) is 5.69 Å². The van der Waals surface area contributed by atoms with Crippen LogP contribution in [0.4, 0.5) is 4.39 Å². The van der Waals surface area contributed by atoms with Crippen LogP contribution in [0.3, 0.4) is 0 Å². The molecule has 1 N–H and O–H groups in total. The Bertz CT molecular complexity index is 574. The molecule has 0 amide bonds. The summed E-state index contributed by atoms with van der Waals surface area (Å²) in [5, 5.41) is 11.2. The molecule has 19 heavy (non-hydrogen) atoms. The van der Waals surface area contributed by atoms with E-state index in [0.29, 0.717) is 16.7 Å². The van der Waals surface area contributed by atoms with Crippen LogP contribution in [0.25, 0.3) is 5.69 Å². The van der Waals surface area contributed by atoms with Crippen LogP contribution in [0, 0.1) is 5.82 Å². The molecular weight excluding hydrogens is 311 g/mol. The van der Waals surface area contributed by atoms with Crippen molar-refractivity contribution in [2.75, 3.05) is 0 Å². The fourth-order valence-electron chi connectivity index (χ4n) is 1.57. The highest BCUT2D eigenvalue weighted by Crippen LogP contribution is 2.19. The first-order valence-corrected chi connectivity index (χ1v) is 6.76. The van der Waals surface area contributed by atoms with Crippen LogP contribution in [0.5, 0.6) is 0 Å². The van der Waals surface area contributed by atoms with Gasteiger partial charge < -0.3 is 5.32 Å². The van der Waals surface area contributed by atoms with Crippen LogP contribution in [-0.2, 0) is 6.54 Å². The van der Waals surface area contributed by atoms with Gasteiger partial charge in [0.05, 0.1) is 22.1 Å². The molecule has 0 fully saturated rings. The molecule has 0 aliphatic carbocycles. The van der Waals surface area contributed by atoms with Gasteiger partial charge in [0, 0.05) is 18.2 Å². The number of rotatable bonds is 3. The van der Waals surface area contributed by atoms with Crippen LogP contribution in [0.1, 0.15) is 26.5 Å². The maximum absolute atomic E-state index is 13.6. The highest BCUT2D eigenvalue weighted by Gasteiger charge is 2.13. The van der Waals surface area contributed by atoms with Crippen molar-refractivity contribution >= 4 is 15.9 Å². The zero-order chi connectivity index (χ0) is 14.0. The molecule has 1 heterocycles. The van der Waals surface area contributed by atoms with Gasteiger partial charge in [-0.3, -0.25) is 0 Å². The minimum Gasteiger partial charge on any atom is -0.306 e. The third-order valence-electron chi connectivity index (χ3n) is 2.57. The lowest BCUT2D eigenvalue weighted by Crippen LogP contribution is -2.35. The fourth-order valence-corrected chi connectivity index (χ4v) is 1.81. The van der Waals surface area contributed by atoms with E-state index in [1.165, 1.54) is 6.07 Å². The zero-order valence-corrected chi connectivity index (χ0v) is 12.7. The van der Waals surface area contributed by atoms with E-state index in [1.54, 1.807) is 23.0 Å². The number of halogens is 2. The summed E-state index contributed by atoms with van der Waals surface area (Å²) in [5.41, 5.74) is 1.54. The molecule has 102 valence electrons. The number of hydrogen-bond donors (Lipinski definition) is 1. The van der Waals surface area contributed by atoms with Crippen molar-refractivity contribution in [2.24, 2.45) is 0 Å². The summed E-state index contributed by atoms with van der Waals surface area (Å²) in [6.07, 6.45) is 1.68. The highest BCUT2D eigenvalue weighted by molar-refractivity contribution is 9.10. The second-order valence-electron chi connectivity index (χ2n) is 5.34.